The molecule has 5 nitrogen and oxygen atoms in total. The molecule has 0 unspecified atom stereocenters. The van der Waals surface area contributed by atoms with E-state index in [1.165, 1.54) is 0 Å². The van der Waals surface area contributed by atoms with E-state index in [4.69, 9.17) is 5.73 Å². The second-order valence-corrected chi connectivity index (χ2v) is 8.23. The molecule has 0 fully saturated rings. The normalized spacial score (nSPS) is 14.6. The summed E-state index contributed by atoms with van der Waals surface area (Å²) in [5.41, 5.74) is 2.75. The maximum absolute atomic E-state index is 12.2. The van der Waals surface area contributed by atoms with E-state index in [9.17, 15) is 52.7 Å². The zero-order valence-corrected chi connectivity index (χ0v) is 14.8. The van der Waals surface area contributed by atoms with Crippen molar-refractivity contribution in [3.8, 4) is 0 Å². The van der Waals surface area contributed by atoms with Gasteiger partial charge in [0.25, 0.3) is 0 Å². The van der Waals surface area contributed by atoms with Crippen molar-refractivity contribution >= 4 is 16.8 Å². The molecule has 0 aliphatic heterocycles. The number of alkyl halides is 12. The molecule has 0 amide bonds. The number of hydrogen-bond donors (Lipinski definition) is 1. The van der Waals surface area contributed by atoms with Crippen LogP contribution >= 0.6 is 16.8 Å². The Hall–Kier alpha value is -0.180. The van der Waals surface area contributed by atoms with Gasteiger partial charge in [-0.25, -0.2) is 0 Å². The minimum atomic E-state index is -5.11. The molecule has 0 aromatic rings. The van der Waals surface area contributed by atoms with E-state index in [1.54, 1.807) is 0 Å². The lowest BCUT2D eigenvalue weighted by molar-refractivity contribution is -0.163. The molecule has 0 atom stereocenters. The fourth-order valence-electron chi connectivity index (χ4n) is 1.00. The van der Waals surface area contributed by atoms with Crippen LogP contribution in [0.4, 0.5) is 52.7 Å². The number of hydrogen-bond acceptors (Lipinski definition) is 5. The Bertz CT molecular complexity index is 378. The molecule has 0 aromatic carbocycles. The molecule has 0 radical (unpaired) electrons. The first-order valence-corrected chi connectivity index (χ1v) is 8.91. The van der Waals surface area contributed by atoms with Gasteiger partial charge in [-0.05, 0) is 0 Å². The van der Waals surface area contributed by atoms with E-state index >= 15 is 0 Å². The van der Waals surface area contributed by atoms with E-state index in [0.717, 1.165) is 0 Å². The van der Waals surface area contributed by atoms with E-state index < -0.39 is 73.4 Å². The van der Waals surface area contributed by atoms with Crippen LogP contribution in [0.25, 0.3) is 0 Å². The SMILES string of the molecule is NC(P(OCC(F)(F)F)OCC(F)(F)F)P(OCC(F)(F)F)OCC(F)(F)F. The second kappa shape index (κ2) is 10.7. The van der Waals surface area contributed by atoms with Crippen LogP contribution in [0.1, 0.15) is 0 Å². The summed E-state index contributed by atoms with van der Waals surface area (Å²) in [6.07, 6.45) is -20.4. The monoisotopic (exact) mass is 487 g/mol. The van der Waals surface area contributed by atoms with Crippen LogP contribution in [0.3, 0.4) is 0 Å². The van der Waals surface area contributed by atoms with Gasteiger partial charge < -0.3 is 23.8 Å². The summed E-state index contributed by atoms with van der Waals surface area (Å²) in [7, 11) is -7.01. The zero-order valence-electron chi connectivity index (χ0n) is 13.0. The quantitative estimate of drug-likeness (QED) is 0.341. The molecule has 0 aromatic heterocycles. The fraction of sp³-hybridized carbons (Fsp3) is 1.00. The first kappa shape index (κ1) is 27.8. The van der Waals surface area contributed by atoms with Crippen molar-refractivity contribution in [1.82, 2.24) is 0 Å². The molecule has 0 heterocycles. The lowest BCUT2D eigenvalue weighted by Gasteiger charge is -2.29. The van der Waals surface area contributed by atoms with Gasteiger partial charge in [-0.2, -0.15) is 52.7 Å². The first-order chi connectivity index (χ1) is 12.3. The summed E-state index contributed by atoms with van der Waals surface area (Å²) in [5.74, 6) is 0. The van der Waals surface area contributed by atoms with Crippen molar-refractivity contribution in [2.45, 2.75) is 30.2 Å². The molecular formula is C9H11F12NO4P2. The molecule has 0 aliphatic carbocycles. The van der Waals surface area contributed by atoms with Crippen LogP contribution in [0, 0.1) is 0 Å². The maximum Gasteiger partial charge on any atom is 0.412 e. The summed E-state index contributed by atoms with van der Waals surface area (Å²) in [5, 5.41) is 0. The molecule has 0 aliphatic rings. The number of nitrogens with two attached hydrogens (primary N) is 1. The van der Waals surface area contributed by atoms with Crippen molar-refractivity contribution < 1.29 is 70.8 Å². The highest BCUT2D eigenvalue weighted by atomic mass is 31.2. The van der Waals surface area contributed by atoms with Gasteiger partial charge in [-0.1, -0.05) is 0 Å². The van der Waals surface area contributed by atoms with Crippen LogP contribution in [0.15, 0.2) is 0 Å². The van der Waals surface area contributed by atoms with Crippen molar-refractivity contribution in [2.24, 2.45) is 5.73 Å². The highest BCUT2D eigenvalue weighted by Crippen LogP contribution is 2.59. The minimum absolute atomic E-state index is 2.23. The zero-order chi connectivity index (χ0) is 22.4. The molecule has 0 saturated carbocycles. The average Bonchev–Trinajstić information content (AvgIpc) is 2.42. The van der Waals surface area contributed by atoms with Crippen molar-refractivity contribution in [1.29, 1.82) is 0 Å². The van der Waals surface area contributed by atoms with Gasteiger partial charge in [-0.3, -0.25) is 0 Å². The van der Waals surface area contributed by atoms with Gasteiger partial charge in [0.15, 0.2) is 16.8 Å². The standard InChI is InChI=1S/C9H11F12NO4P2/c10-6(11,12)1-23-27(24-2-7(13,14)15)5(22)28(25-3-8(16,17)18)26-4-9(19,20)21/h5H,1-4,22H2. The average molecular weight is 487 g/mol. The molecule has 28 heavy (non-hydrogen) atoms. The Morgan fingerprint density at radius 1 is 0.500 bits per heavy atom. The Kier molecular flexibility index (Phi) is 10.7. The van der Waals surface area contributed by atoms with Crippen molar-refractivity contribution in [3.05, 3.63) is 0 Å². The topological polar surface area (TPSA) is 62.9 Å². The van der Waals surface area contributed by atoms with E-state index in [1.807, 2.05) is 0 Å². The largest absolute Gasteiger partial charge is 0.412 e. The lowest BCUT2D eigenvalue weighted by atomic mass is 10.7. The highest BCUT2D eigenvalue weighted by molar-refractivity contribution is 7.66. The third kappa shape index (κ3) is 15.7. The van der Waals surface area contributed by atoms with Gasteiger partial charge in [0.2, 0.25) is 0 Å². The van der Waals surface area contributed by atoms with Crippen LogP contribution < -0.4 is 5.73 Å². The van der Waals surface area contributed by atoms with Gasteiger partial charge in [0.1, 0.15) is 32.0 Å². The minimum Gasteiger partial charge on any atom is -0.323 e. The molecule has 0 spiro atoms. The van der Waals surface area contributed by atoms with Crippen molar-refractivity contribution in [3.63, 3.8) is 0 Å². The maximum atomic E-state index is 12.2. The highest BCUT2D eigenvalue weighted by Gasteiger charge is 2.42. The van der Waals surface area contributed by atoms with E-state index in [2.05, 4.69) is 18.1 Å². The molecule has 0 rings (SSSR count). The second-order valence-electron chi connectivity index (χ2n) is 4.54. The van der Waals surface area contributed by atoms with Gasteiger partial charge in [-0.15, -0.1) is 0 Å². The Morgan fingerprint density at radius 2 is 0.679 bits per heavy atom. The molecule has 170 valence electrons. The molecule has 2 N–H and O–H groups in total. The Labute approximate surface area is 151 Å². The van der Waals surface area contributed by atoms with E-state index in [0.29, 0.717) is 0 Å². The summed E-state index contributed by atoms with van der Waals surface area (Å²) < 4.78 is 162. The molecular weight excluding hydrogens is 476 g/mol. The lowest BCUT2D eigenvalue weighted by Crippen LogP contribution is -2.28. The summed E-state index contributed by atoms with van der Waals surface area (Å²) in [6, 6.07) is 0. The van der Waals surface area contributed by atoms with Crippen LogP contribution in [-0.4, -0.2) is 56.7 Å². The van der Waals surface area contributed by atoms with Crippen LogP contribution in [0.2, 0.25) is 0 Å². The predicted octanol–water partition coefficient (Wildman–Crippen LogP) is 5.17. The third-order valence-electron chi connectivity index (χ3n) is 1.85. The number of rotatable bonds is 10. The summed E-state index contributed by atoms with van der Waals surface area (Å²) >= 11 is 0. The fourth-order valence-corrected chi connectivity index (χ4v) is 4.27. The summed E-state index contributed by atoms with van der Waals surface area (Å²) in [6.45, 7) is -8.92. The van der Waals surface area contributed by atoms with Crippen LogP contribution in [0.5, 0.6) is 0 Å². The number of halogens is 12. The van der Waals surface area contributed by atoms with Gasteiger partial charge in [0.05, 0.1) is 0 Å². The van der Waals surface area contributed by atoms with Crippen molar-refractivity contribution in [2.75, 3.05) is 26.4 Å². The van der Waals surface area contributed by atoms with Crippen LogP contribution in [-0.2, 0) is 18.1 Å². The van der Waals surface area contributed by atoms with Gasteiger partial charge in [0, 0.05) is 0 Å². The third-order valence-corrected chi connectivity index (χ3v) is 5.38. The van der Waals surface area contributed by atoms with E-state index in [-0.39, 0.29) is 0 Å². The molecule has 19 heteroatoms. The Balaban J connectivity index is 5.32. The first-order valence-electron chi connectivity index (χ1n) is 6.42. The Morgan fingerprint density at radius 3 is 0.821 bits per heavy atom. The smallest absolute Gasteiger partial charge is 0.323 e. The summed E-state index contributed by atoms with van der Waals surface area (Å²) in [4.78, 5) is 0. The molecule has 0 bridgehead atoms. The van der Waals surface area contributed by atoms with Gasteiger partial charge >= 0.3 is 24.7 Å². The predicted molar refractivity (Wildman–Crippen MR) is 69.8 cm³/mol. The molecule has 0 saturated heterocycles.